The summed E-state index contributed by atoms with van der Waals surface area (Å²) < 4.78 is 33.0. The number of rotatable bonds is 2. The zero-order valence-corrected chi connectivity index (χ0v) is 20.1. The van der Waals surface area contributed by atoms with Gasteiger partial charge in [-0.15, -0.1) is 0 Å². The molecule has 0 aromatic heterocycles. The summed E-state index contributed by atoms with van der Waals surface area (Å²) in [6.45, 7) is 8.96. The van der Waals surface area contributed by atoms with Crippen molar-refractivity contribution in [1.82, 2.24) is 0 Å². The van der Waals surface area contributed by atoms with E-state index in [9.17, 15) is 0 Å². The van der Waals surface area contributed by atoms with E-state index in [4.69, 9.17) is 22.6 Å². The van der Waals surface area contributed by atoms with E-state index in [0.717, 1.165) is 32.7 Å². The van der Waals surface area contributed by atoms with Gasteiger partial charge in [0.1, 0.15) is 0 Å². The molecule has 0 radical (unpaired) electrons. The predicted molar refractivity (Wildman–Crippen MR) is 132 cm³/mol. The molecule has 33 heavy (non-hydrogen) atoms. The van der Waals surface area contributed by atoms with E-state index >= 15 is 0 Å². The summed E-state index contributed by atoms with van der Waals surface area (Å²) in [5.41, 5.74) is 1.73. The Bertz CT molecular complexity index is 1330. The molecule has 2 heterocycles. The van der Waals surface area contributed by atoms with Crippen molar-refractivity contribution in [3.63, 3.8) is 0 Å². The summed E-state index contributed by atoms with van der Waals surface area (Å²) in [7, 11) is -4.51. The molecule has 0 atom stereocenters. The summed E-state index contributed by atoms with van der Waals surface area (Å²) in [5, 5.41) is 4.04. The first-order valence-electron chi connectivity index (χ1n) is 11.2. The SMILES string of the molecule is Cc1cccc(C)c1OP12(OCC(C)(C)CO1)Oc1c(c3ccccc3c3ccccc13)O2. The zero-order valence-electron chi connectivity index (χ0n) is 19.3. The van der Waals surface area contributed by atoms with Crippen molar-refractivity contribution in [2.24, 2.45) is 5.41 Å². The summed E-state index contributed by atoms with van der Waals surface area (Å²) in [6.07, 6.45) is 0. The molecule has 4 aromatic rings. The second kappa shape index (κ2) is 6.83. The van der Waals surface area contributed by atoms with Crippen molar-refractivity contribution < 1.29 is 22.6 Å². The van der Waals surface area contributed by atoms with E-state index in [1.54, 1.807) is 0 Å². The van der Waals surface area contributed by atoms with Gasteiger partial charge in [0.05, 0.1) is 0 Å². The Kier molecular flexibility index (Phi) is 4.29. The first kappa shape index (κ1) is 20.7. The van der Waals surface area contributed by atoms with Gasteiger partial charge in [-0.05, 0) is 0 Å². The Morgan fingerprint density at radius 1 is 0.667 bits per heavy atom. The fraction of sp³-hybridized carbons (Fsp3) is 0.259. The van der Waals surface area contributed by atoms with Gasteiger partial charge in [0, 0.05) is 0 Å². The van der Waals surface area contributed by atoms with Crippen molar-refractivity contribution >= 4 is 29.3 Å². The molecule has 0 aliphatic carbocycles. The van der Waals surface area contributed by atoms with Crippen LogP contribution in [-0.2, 0) is 9.05 Å². The van der Waals surface area contributed by atoms with Crippen LogP contribution in [0.15, 0.2) is 66.7 Å². The van der Waals surface area contributed by atoms with E-state index in [-0.39, 0.29) is 5.41 Å². The van der Waals surface area contributed by atoms with Gasteiger partial charge in [-0.2, -0.15) is 0 Å². The number of hydrogen-bond donors (Lipinski definition) is 0. The molecular weight excluding hydrogens is 435 g/mol. The third-order valence-electron chi connectivity index (χ3n) is 6.30. The number of fused-ring (bicyclic) bond motifs is 6. The van der Waals surface area contributed by atoms with E-state index in [2.05, 4.69) is 26.0 Å². The molecule has 0 N–H and O–H groups in total. The molecule has 5 nitrogen and oxygen atoms in total. The van der Waals surface area contributed by atoms with Gasteiger partial charge in [-0.25, -0.2) is 0 Å². The minimum atomic E-state index is -4.51. The van der Waals surface area contributed by atoms with Crippen LogP contribution in [0.25, 0.3) is 21.5 Å². The van der Waals surface area contributed by atoms with Crippen molar-refractivity contribution in [3.8, 4) is 17.2 Å². The fourth-order valence-electron chi connectivity index (χ4n) is 4.50. The predicted octanol–water partition coefficient (Wildman–Crippen LogP) is 7.66. The molecular formula is C27H27O5P. The van der Waals surface area contributed by atoms with E-state index in [0.29, 0.717) is 30.5 Å². The van der Waals surface area contributed by atoms with Gasteiger partial charge in [-0.1, -0.05) is 0 Å². The molecule has 6 rings (SSSR count). The molecule has 0 amide bonds. The molecule has 0 saturated carbocycles. The Labute approximate surface area is 193 Å². The van der Waals surface area contributed by atoms with Crippen molar-refractivity contribution in [2.45, 2.75) is 27.7 Å². The number of hydrogen-bond acceptors (Lipinski definition) is 5. The van der Waals surface area contributed by atoms with Crippen LogP contribution in [0.5, 0.6) is 17.2 Å². The normalized spacial score (nSPS) is 21.0. The minimum absolute atomic E-state index is 0.196. The first-order chi connectivity index (χ1) is 15.8. The number of para-hydroxylation sites is 1. The number of benzene rings is 4. The molecule has 2 aliphatic heterocycles. The van der Waals surface area contributed by atoms with E-state index in [1.807, 2.05) is 68.4 Å². The monoisotopic (exact) mass is 462 g/mol. The molecule has 170 valence electrons. The van der Waals surface area contributed by atoms with Gasteiger partial charge in [0.2, 0.25) is 0 Å². The van der Waals surface area contributed by atoms with Crippen LogP contribution < -0.4 is 13.6 Å². The molecule has 4 aromatic carbocycles. The quantitative estimate of drug-likeness (QED) is 0.226. The Balaban J connectivity index is 1.60. The molecule has 1 spiro atoms. The zero-order chi connectivity index (χ0) is 22.9. The Morgan fingerprint density at radius 3 is 1.61 bits per heavy atom. The average Bonchev–Trinajstić information content (AvgIpc) is 3.16. The van der Waals surface area contributed by atoms with Crippen LogP contribution in [0.2, 0.25) is 0 Å². The Morgan fingerprint density at radius 2 is 1.12 bits per heavy atom. The van der Waals surface area contributed by atoms with Crippen molar-refractivity contribution in [2.75, 3.05) is 13.2 Å². The molecule has 1 saturated heterocycles. The van der Waals surface area contributed by atoms with Crippen LogP contribution in [0.1, 0.15) is 25.0 Å². The van der Waals surface area contributed by atoms with Gasteiger partial charge in [-0.3, -0.25) is 0 Å². The van der Waals surface area contributed by atoms with Crippen LogP contribution in [0, 0.1) is 19.3 Å². The fourth-order valence-corrected chi connectivity index (χ4v) is 7.67. The summed E-state index contributed by atoms with van der Waals surface area (Å²) >= 11 is 0. The van der Waals surface area contributed by atoms with Crippen LogP contribution in [-0.4, -0.2) is 13.2 Å². The topological polar surface area (TPSA) is 46.2 Å². The van der Waals surface area contributed by atoms with E-state index < -0.39 is 7.74 Å². The third-order valence-corrected chi connectivity index (χ3v) is 8.85. The average molecular weight is 462 g/mol. The van der Waals surface area contributed by atoms with E-state index in [1.165, 1.54) is 0 Å². The van der Waals surface area contributed by atoms with Crippen LogP contribution in [0.3, 0.4) is 0 Å². The van der Waals surface area contributed by atoms with Gasteiger partial charge >= 0.3 is 193 Å². The summed E-state index contributed by atoms with van der Waals surface area (Å²) in [6, 6.07) is 22.3. The number of aryl methyl sites for hydroxylation is 2. The molecule has 6 heteroatoms. The molecule has 2 aliphatic rings. The molecule has 0 unspecified atom stereocenters. The standard InChI is InChI=1S/C27H27O5P/c1-18-10-9-11-19(2)24(18)30-33(28-16-27(3,4)17-29-33)31-25-22-14-7-5-12-20(22)21-13-6-8-15-23(21)26(25)32-33/h5-15H,16-17H2,1-4H3. The molecule has 1 fully saturated rings. The Hall–Kier alpha value is -2.85. The van der Waals surface area contributed by atoms with Crippen LogP contribution in [0.4, 0.5) is 0 Å². The van der Waals surface area contributed by atoms with Crippen molar-refractivity contribution in [1.29, 1.82) is 0 Å². The van der Waals surface area contributed by atoms with Crippen LogP contribution >= 0.6 is 7.74 Å². The van der Waals surface area contributed by atoms with Crippen molar-refractivity contribution in [3.05, 3.63) is 77.9 Å². The third kappa shape index (κ3) is 3.11. The maximum atomic E-state index is 6.69. The van der Waals surface area contributed by atoms with Gasteiger partial charge < -0.3 is 0 Å². The maximum absolute atomic E-state index is 6.69. The molecule has 0 bridgehead atoms. The summed E-state index contributed by atoms with van der Waals surface area (Å²) in [5.74, 6) is 1.87. The first-order valence-corrected chi connectivity index (χ1v) is 13.0. The summed E-state index contributed by atoms with van der Waals surface area (Å²) in [4.78, 5) is 0. The second-order valence-electron chi connectivity index (χ2n) is 9.70. The van der Waals surface area contributed by atoms with Gasteiger partial charge in [0.25, 0.3) is 0 Å². The second-order valence-corrected chi connectivity index (χ2v) is 12.3. The van der Waals surface area contributed by atoms with Gasteiger partial charge in [0.15, 0.2) is 0 Å².